The van der Waals surface area contributed by atoms with Crippen LogP contribution in [0, 0.1) is 11.3 Å². The van der Waals surface area contributed by atoms with Crippen molar-refractivity contribution in [1.82, 2.24) is 0 Å². The SMILES string of the molecule is C=CC(C)(C)CC(C)CC(=C)C. The van der Waals surface area contributed by atoms with Gasteiger partial charge in [0.2, 0.25) is 0 Å². The van der Waals surface area contributed by atoms with E-state index in [9.17, 15) is 0 Å². The Balaban J connectivity index is 3.91. The summed E-state index contributed by atoms with van der Waals surface area (Å²) in [5.74, 6) is 0.718. The van der Waals surface area contributed by atoms with Gasteiger partial charge in [-0.1, -0.05) is 32.4 Å². The van der Waals surface area contributed by atoms with Gasteiger partial charge in [-0.15, -0.1) is 13.2 Å². The maximum absolute atomic E-state index is 3.93. The molecule has 0 aliphatic carbocycles. The molecule has 0 heteroatoms. The molecule has 12 heavy (non-hydrogen) atoms. The average Bonchev–Trinajstić information content (AvgIpc) is 1.84. The third-order valence-electron chi connectivity index (χ3n) is 2.12. The fourth-order valence-corrected chi connectivity index (χ4v) is 1.65. The highest BCUT2D eigenvalue weighted by Crippen LogP contribution is 2.28. The Labute approximate surface area is 77.4 Å². The molecule has 0 fully saturated rings. The van der Waals surface area contributed by atoms with Gasteiger partial charge in [0.1, 0.15) is 0 Å². The molecule has 0 amide bonds. The van der Waals surface area contributed by atoms with E-state index in [1.54, 1.807) is 0 Å². The van der Waals surface area contributed by atoms with Crippen molar-refractivity contribution in [1.29, 1.82) is 0 Å². The smallest absolute Gasteiger partial charge is 0.0175 e. The van der Waals surface area contributed by atoms with Crippen LogP contribution in [0.2, 0.25) is 0 Å². The van der Waals surface area contributed by atoms with Gasteiger partial charge in [-0.2, -0.15) is 0 Å². The van der Waals surface area contributed by atoms with Crippen LogP contribution in [0.1, 0.15) is 40.5 Å². The molecule has 0 spiro atoms. The monoisotopic (exact) mass is 166 g/mol. The summed E-state index contributed by atoms with van der Waals surface area (Å²) in [4.78, 5) is 0. The number of hydrogen-bond donors (Lipinski definition) is 0. The minimum Gasteiger partial charge on any atom is -0.103 e. The molecule has 0 saturated carbocycles. The van der Waals surface area contributed by atoms with Crippen LogP contribution in [0.3, 0.4) is 0 Å². The van der Waals surface area contributed by atoms with Crippen molar-refractivity contribution in [3.63, 3.8) is 0 Å². The highest BCUT2D eigenvalue weighted by Gasteiger charge is 2.16. The summed E-state index contributed by atoms with van der Waals surface area (Å²) in [5, 5.41) is 0. The molecule has 0 aliphatic heterocycles. The molecule has 0 radical (unpaired) electrons. The van der Waals surface area contributed by atoms with Crippen LogP contribution in [0.4, 0.5) is 0 Å². The van der Waals surface area contributed by atoms with Crippen molar-refractivity contribution < 1.29 is 0 Å². The second kappa shape index (κ2) is 4.49. The zero-order valence-electron chi connectivity index (χ0n) is 8.98. The molecule has 0 bridgehead atoms. The normalized spacial score (nSPS) is 14.0. The lowest BCUT2D eigenvalue weighted by Gasteiger charge is -2.24. The van der Waals surface area contributed by atoms with Crippen molar-refractivity contribution in [2.45, 2.75) is 40.5 Å². The Kier molecular flexibility index (Phi) is 4.30. The largest absolute Gasteiger partial charge is 0.103 e. The number of rotatable bonds is 5. The second-order valence-corrected chi connectivity index (χ2v) is 4.66. The van der Waals surface area contributed by atoms with Crippen molar-refractivity contribution in [3.8, 4) is 0 Å². The quantitative estimate of drug-likeness (QED) is 0.537. The lowest BCUT2D eigenvalue weighted by Crippen LogP contribution is -2.12. The van der Waals surface area contributed by atoms with Gasteiger partial charge in [-0.05, 0) is 31.1 Å². The second-order valence-electron chi connectivity index (χ2n) is 4.66. The van der Waals surface area contributed by atoms with E-state index in [1.807, 2.05) is 6.08 Å². The summed E-state index contributed by atoms with van der Waals surface area (Å²) in [6.07, 6.45) is 4.38. The Bertz CT molecular complexity index is 163. The van der Waals surface area contributed by atoms with E-state index < -0.39 is 0 Å². The summed E-state index contributed by atoms with van der Waals surface area (Å²) in [7, 11) is 0. The number of hydrogen-bond acceptors (Lipinski definition) is 0. The molecule has 0 nitrogen and oxygen atoms in total. The van der Waals surface area contributed by atoms with Crippen LogP contribution in [0.5, 0.6) is 0 Å². The van der Waals surface area contributed by atoms with E-state index in [0.717, 1.165) is 12.3 Å². The van der Waals surface area contributed by atoms with E-state index in [1.165, 1.54) is 12.0 Å². The molecule has 1 atom stereocenters. The third-order valence-corrected chi connectivity index (χ3v) is 2.12. The third kappa shape index (κ3) is 5.17. The predicted octanol–water partition coefficient (Wildman–Crippen LogP) is 4.19. The van der Waals surface area contributed by atoms with E-state index in [2.05, 4.69) is 40.9 Å². The molecule has 70 valence electrons. The molecule has 0 aliphatic rings. The maximum atomic E-state index is 3.93. The van der Waals surface area contributed by atoms with E-state index in [-0.39, 0.29) is 5.41 Å². The lowest BCUT2D eigenvalue weighted by atomic mass is 9.81. The van der Waals surface area contributed by atoms with Crippen molar-refractivity contribution in [2.75, 3.05) is 0 Å². The first-order chi connectivity index (χ1) is 5.37. The molecule has 0 saturated heterocycles. The van der Waals surface area contributed by atoms with E-state index in [4.69, 9.17) is 0 Å². The standard InChI is InChI=1S/C12H22/c1-7-12(5,6)9-11(4)8-10(2)3/h7,11H,1-2,8-9H2,3-6H3. The van der Waals surface area contributed by atoms with E-state index >= 15 is 0 Å². The Hall–Kier alpha value is -0.520. The van der Waals surface area contributed by atoms with Crippen LogP contribution in [0.25, 0.3) is 0 Å². The average molecular weight is 166 g/mol. The van der Waals surface area contributed by atoms with Crippen molar-refractivity contribution in [2.24, 2.45) is 11.3 Å². The van der Waals surface area contributed by atoms with Crippen molar-refractivity contribution >= 4 is 0 Å². The Morgan fingerprint density at radius 3 is 2.33 bits per heavy atom. The zero-order chi connectivity index (χ0) is 9.78. The van der Waals surface area contributed by atoms with Gasteiger partial charge in [0, 0.05) is 0 Å². The van der Waals surface area contributed by atoms with Crippen LogP contribution in [-0.2, 0) is 0 Å². The molecule has 0 heterocycles. The van der Waals surface area contributed by atoms with Crippen LogP contribution in [-0.4, -0.2) is 0 Å². The Morgan fingerprint density at radius 2 is 2.00 bits per heavy atom. The van der Waals surface area contributed by atoms with Gasteiger partial charge in [0.05, 0.1) is 0 Å². The molecular weight excluding hydrogens is 144 g/mol. The summed E-state index contributed by atoms with van der Waals surface area (Å²) >= 11 is 0. The molecule has 0 aromatic heterocycles. The summed E-state index contributed by atoms with van der Waals surface area (Å²) < 4.78 is 0. The fourth-order valence-electron chi connectivity index (χ4n) is 1.65. The molecule has 0 aromatic carbocycles. The molecular formula is C12H22. The predicted molar refractivity (Wildman–Crippen MR) is 57.2 cm³/mol. The molecule has 0 N–H and O–H groups in total. The minimum absolute atomic E-state index is 0.273. The van der Waals surface area contributed by atoms with Crippen LogP contribution < -0.4 is 0 Å². The number of allylic oxidation sites excluding steroid dienone is 2. The highest BCUT2D eigenvalue weighted by atomic mass is 14.2. The fraction of sp³-hybridized carbons (Fsp3) is 0.667. The van der Waals surface area contributed by atoms with Gasteiger partial charge in [0.25, 0.3) is 0 Å². The summed E-state index contributed by atoms with van der Waals surface area (Å²) in [6.45, 7) is 16.6. The maximum Gasteiger partial charge on any atom is -0.0175 e. The van der Waals surface area contributed by atoms with Gasteiger partial charge in [0.15, 0.2) is 0 Å². The summed E-state index contributed by atoms with van der Waals surface area (Å²) in [6, 6.07) is 0. The lowest BCUT2D eigenvalue weighted by molar-refractivity contribution is 0.348. The van der Waals surface area contributed by atoms with Crippen LogP contribution in [0.15, 0.2) is 24.8 Å². The topological polar surface area (TPSA) is 0 Å². The zero-order valence-corrected chi connectivity index (χ0v) is 8.98. The summed E-state index contributed by atoms with van der Waals surface area (Å²) in [5.41, 5.74) is 1.55. The first-order valence-electron chi connectivity index (χ1n) is 4.65. The van der Waals surface area contributed by atoms with E-state index in [0.29, 0.717) is 0 Å². The van der Waals surface area contributed by atoms with Crippen molar-refractivity contribution in [3.05, 3.63) is 24.8 Å². The minimum atomic E-state index is 0.273. The molecule has 0 rings (SSSR count). The first kappa shape index (κ1) is 11.5. The van der Waals surface area contributed by atoms with Gasteiger partial charge >= 0.3 is 0 Å². The highest BCUT2D eigenvalue weighted by molar-refractivity contribution is 4.94. The van der Waals surface area contributed by atoms with Gasteiger partial charge in [-0.25, -0.2) is 0 Å². The molecule has 1 unspecified atom stereocenters. The van der Waals surface area contributed by atoms with Gasteiger partial charge in [-0.3, -0.25) is 0 Å². The Morgan fingerprint density at radius 1 is 1.50 bits per heavy atom. The first-order valence-corrected chi connectivity index (χ1v) is 4.65. The van der Waals surface area contributed by atoms with Gasteiger partial charge < -0.3 is 0 Å². The van der Waals surface area contributed by atoms with Crippen LogP contribution >= 0.6 is 0 Å². The molecule has 0 aromatic rings.